The van der Waals surface area contributed by atoms with Crippen molar-refractivity contribution in [3.05, 3.63) is 35.4 Å². The molecule has 0 bridgehead atoms. The first kappa shape index (κ1) is 17.0. The van der Waals surface area contributed by atoms with E-state index in [1.54, 1.807) is 0 Å². The molecule has 1 fully saturated rings. The second-order valence-corrected chi connectivity index (χ2v) is 6.26. The summed E-state index contributed by atoms with van der Waals surface area (Å²) >= 11 is 0. The number of benzene rings is 1. The fraction of sp³-hybridized carbons (Fsp3) is 0.632. The Morgan fingerprint density at radius 2 is 1.95 bits per heavy atom. The first-order chi connectivity index (χ1) is 10.7. The summed E-state index contributed by atoms with van der Waals surface area (Å²) in [6.07, 6.45) is 7.38. The van der Waals surface area contributed by atoms with Crippen molar-refractivity contribution in [2.75, 3.05) is 20.2 Å². The van der Waals surface area contributed by atoms with Crippen molar-refractivity contribution in [2.45, 2.75) is 58.0 Å². The molecule has 0 N–H and O–H groups in total. The van der Waals surface area contributed by atoms with Crippen LogP contribution in [0.1, 0.15) is 50.2 Å². The summed E-state index contributed by atoms with van der Waals surface area (Å²) < 4.78 is 5.72. The second-order valence-electron chi connectivity index (χ2n) is 6.26. The third kappa shape index (κ3) is 5.45. The minimum Gasteiger partial charge on any atom is -0.378 e. The zero-order valence-corrected chi connectivity index (χ0v) is 14.0. The number of rotatable bonds is 7. The Morgan fingerprint density at radius 1 is 1.23 bits per heavy atom. The minimum atomic E-state index is 0.232. The van der Waals surface area contributed by atoms with Crippen LogP contribution in [0.5, 0.6) is 0 Å². The number of hydrogen-bond donors (Lipinski definition) is 0. The predicted molar refractivity (Wildman–Crippen MR) is 90.0 cm³/mol. The molecule has 3 nitrogen and oxygen atoms in total. The highest BCUT2D eigenvalue weighted by atomic mass is 16.5. The van der Waals surface area contributed by atoms with Gasteiger partial charge in [-0.3, -0.25) is 4.79 Å². The molecule has 0 spiro atoms. The third-order valence-corrected chi connectivity index (χ3v) is 4.54. The molecule has 0 aliphatic carbocycles. The Kier molecular flexibility index (Phi) is 6.91. The van der Waals surface area contributed by atoms with E-state index < -0.39 is 0 Å². The van der Waals surface area contributed by atoms with Gasteiger partial charge in [0.2, 0.25) is 5.91 Å². The Labute approximate surface area is 134 Å². The van der Waals surface area contributed by atoms with E-state index in [4.69, 9.17) is 4.74 Å². The van der Waals surface area contributed by atoms with Crippen LogP contribution in [0.25, 0.3) is 0 Å². The zero-order valence-electron chi connectivity index (χ0n) is 14.0. The molecule has 1 aliphatic rings. The highest BCUT2D eigenvalue weighted by Crippen LogP contribution is 2.16. The number of amides is 1. The molecule has 1 aromatic rings. The summed E-state index contributed by atoms with van der Waals surface area (Å²) in [5, 5.41) is 0. The molecule has 3 heteroatoms. The maximum atomic E-state index is 12.2. The van der Waals surface area contributed by atoms with Crippen molar-refractivity contribution in [3.63, 3.8) is 0 Å². The number of carbonyl (C=O) groups excluding carboxylic acids is 1. The van der Waals surface area contributed by atoms with Crippen LogP contribution in [0.3, 0.4) is 0 Å². The maximum Gasteiger partial charge on any atom is 0.222 e. The number of carbonyl (C=O) groups is 1. The molecule has 1 amide bonds. The second kappa shape index (κ2) is 8.94. The summed E-state index contributed by atoms with van der Waals surface area (Å²) in [4.78, 5) is 14.1. The van der Waals surface area contributed by atoms with Crippen molar-refractivity contribution in [3.8, 4) is 0 Å². The lowest BCUT2D eigenvalue weighted by atomic mass is 10.0. The molecule has 1 aromatic carbocycles. The summed E-state index contributed by atoms with van der Waals surface area (Å²) in [5.41, 5.74) is 2.59. The quantitative estimate of drug-likeness (QED) is 0.770. The van der Waals surface area contributed by atoms with Crippen molar-refractivity contribution >= 4 is 5.91 Å². The Morgan fingerprint density at radius 3 is 2.59 bits per heavy atom. The summed E-state index contributed by atoms with van der Waals surface area (Å²) in [6.45, 7) is 3.85. The first-order valence-corrected chi connectivity index (χ1v) is 8.62. The van der Waals surface area contributed by atoms with Gasteiger partial charge in [0.05, 0.1) is 6.10 Å². The monoisotopic (exact) mass is 303 g/mol. The normalized spacial score (nSPS) is 18.2. The van der Waals surface area contributed by atoms with Gasteiger partial charge in [-0.15, -0.1) is 0 Å². The van der Waals surface area contributed by atoms with Crippen LogP contribution in [-0.2, 0) is 22.4 Å². The van der Waals surface area contributed by atoms with Crippen molar-refractivity contribution in [1.29, 1.82) is 0 Å². The number of nitrogens with zero attached hydrogens (tertiary/aromatic N) is 1. The van der Waals surface area contributed by atoms with Crippen LogP contribution in [-0.4, -0.2) is 37.1 Å². The molecule has 22 heavy (non-hydrogen) atoms. The van der Waals surface area contributed by atoms with Gasteiger partial charge in [-0.2, -0.15) is 0 Å². The largest absolute Gasteiger partial charge is 0.378 e. The standard InChI is InChI=1S/C19H29NO2/c1-3-16-7-9-17(10-8-16)11-12-19(21)20(2)14-13-18-6-4-5-15-22-18/h7-10,18H,3-6,11-15H2,1-2H3. The van der Waals surface area contributed by atoms with E-state index in [9.17, 15) is 4.79 Å². The van der Waals surface area contributed by atoms with E-state index in [1.165, 1.54) is 24.0 Å². The SMILES string of the molecule is CCc1ccc(CCC(=O)N(C)CCC2CCCCO2)cc1. The number of aryl methyl sites for hydroxylation is 2. The molecule has 122 valence electrons. The molecule has 1 aliphatic heterocycles. The van der Waals surface area contributed by atoms with Gasteiger partial charge in [-0.05, 0) is 49.7 Å². The smallest absolute Gasteiger partial charge is 0.222 e. The highest BCUT2D eigenvalue weighted by molar-refractivity contribution is 5.76. The number of hydrogen-bond acceptors (Lipinski definition) is 2. The molecule has 2 rings (SSSR count). The highest BCUT2D eigenvalue weighted by Gasteiger charge is 2.16. The third-order valence-electron chi connectivity index (χ3n) is 4.54. The van der Waals surface area contributed by atoms with Crippen molar-refractivity contribution < 1.29 is 9.53 Å². The Balaban J connectivity index is 1.68. The van der Waals surface area contributed by atoms with Gasteiger partial charge in [0.1, 0.15) is 0 Å². The van der Waals surface area contributed by atoms with Gasteiger partial charge in [-0.1, -0.05) is 31.2 Å². The average molecular weight is 303 g/mol. The molecule has 1 saturated heterocycles. The van der Waals surface area contributed by atoms with Crippen LogP contribution in [0.4, 0.5) is 0 Å². The fourth-order valence-electron chi connectivity index (χ4n) is 2.88. The topological polar surface area (TPSA) is 29.5 Å². The van der Waals surface area contributed by atoms with E-state index in [2.05, 4.69) is 31.2 Å². The van der Waals surface area contributed by atoms with E-state index >= 15 is 0 Å². The van der Waals surface area contributed by atoms with Crippen LogP contribution in [0.15, 0.2) is 24.3 Å². The van der Waals surface area contributed by atoms with Crippen LogP contribution in [0, 0.1) is 0 Å². The Hall–Kier alpha value is -1.35. The van der Waals surface area contributed by atoms with Gasteiger partial charge in [0, 0.05) is 26.6 Å². The van der Waals surface area contributed by atoms with E-state index in [-0.39, 0.29) is 5.91 Å². The maximum absolute atomic E-state index is 12.2. The van der Waals surface area contributed by atoms with Gasteiger partial charge in [0.15, 0.2) is 0 Å². The van der Waals surface area contributed by atoms with Crippen molar-refractivity contribution in [2.24, 2.45) is 0 Å². The number of ether oxygens (including phenoxy) is 1. The van der Waals surface area contributed by atoms with Crippen LogP contribution in [0.2, 0.25) is 0 Å². The van der Waals surface area contributed by atoms with Gasteiger partial charge in [0.25, 0.3) is 0 Å². The van der Waals surface area contributed by atoms with Gasteiger partial charge < -0.3 is 9.64 Å². The van der Waals surface area contributed by atoms with Crippen LogP contribution >= 0.6 is 0 Å². The average Bonchev–Trinajstić information content (AvgIpc) is 2.58. The summed E-state index contributed by atoms with van der Waals surface area (Å²) in [5.74, 6) is 0.232. The van der Waals surface area contributed by atoms with Gasteiger partial charge in [-0.25, -0.2) is 0 Å². The zero-order chi connectivity index (χ0) is 15.8. The molecular formula is C19H29NO2. The molecule has 1 unspecified atom stereocenters. The lowest BCUT2D eigenvalue weighted by Gasteiger charge is -2.25. The van der Waals surface area contributed by atoms with Crippen molar-refractivity contribution in [1.82, 2.24) is 4.90 Å². The molecule has 1 atom stereocenters. The fourth-order valence-corrected chi connectivity index (χ4v) is 2.88. The predicted octanol–water partition coefficient (Wildman–Crippen LogP) is 3.60. The lowest BCUT2D eigenvalue weighted by molar-refractivity contribution is -0.130. The lowest BCUT2D eigenvalue weighted by Crippen LogP contribution is -2.31. The van der Waals surface area contributed by atoms with E-state index in [0.717, 1.165) is 38.8 Å². The van der Waals surface area contributed by atoms with E-state index in [1.807, 2.05) is 11.9 Å². The summed E-state index contributed by atoms with van der Waals surface area (Å²) in [7, 11) is 1.91. The molecule has 0 radical (unpaired) electrons. The summed E-state index contributed by atoms with van der Waals surface area (Å²) in [6, 6.07) is 8.60. The molecule has 0 aromatic heterocycles. The molecular weight excluding hydrogens is 274 g/mol. The molecule has 1 heterocycles. The first-order valence-electron chi connectivity index (χ1n) is 8.62. The minimum absolute atomic E-state index is 0.232. The van der Waals surface area contributed by atoms with E-state index in [0.29, 0.717) is 12.5 Å². The van der Waals surface area contributed by atoms with Crippen LogP contribution < -0.4 is 0 Å². The van der Waals surface area contributed by atoms with Gasteiger partial charge >= 0.3 is 0 Å². The Bertz CT molecular complexity index is 449. The molecule has 0 saturated carbocycles.